The van der Waals surface area contributed by atoms with Crippen LogP contribution in [0, 0.1) is 23.2 Å². The third kappa shape index (κ3) is 1.90. The van der Waals surface area contributed by atoms with Crippen molar-refractivity contribution >= 4 is 28.6 Å². The minimum absolute atomic E-state index is 0.262. The average molecular weight is 420 g/mol. The molecule has 3 heterocycles. The summed E-state index contributed by atoms with van der Waals surface area (Å²) in [5.41, 5.74) is 3.11. The second-order valence-electron chi connectivity index (χ2n) is 9.93. The summed E-state index contributed by atoms with van der Waals surface area (Å²) in [5.74, 6) is 1.89. The van der Waals surface area contributed by atoms with Gasteiger partial charge in [-0.2, -0.15) is 0 Å². The first-order valence-electron chi connectivity index (χ1n) is 10.4. The quantitative estimate of drug-likeness (QED) is 0.649. The lowest BCUT2D eigenvalue weighted by atomic mass is 9.82. The van der Waals surface area contributed by atoms with Crippen LogP contribution in [0.1, 0.15) is 45.8 Å². The van der Waals surface area contributed by atoms with Gasteiger partial charge in [0.25, 0.3) is 0 Å². The number of aromatic nitrogens is 4. The molecule has 156 valence electrons. The van der Waals surface area contributed by atoms with Gasteiger partial charge in [0.2, 0.25) is 0 Å². The predicted octanol–water partition coefficient (Wildman–Crippen LogP) is 1.85. The molecule has 6 rings (SSSR count). The molecule has 4 aliphatic rings. The van der Waals surface area contributed by atoms with Crippen LogP contribution in [0.15, 0.2) is 12.7 Å². The Bertz CT molecular complexity index is 1010. The first-order valence-corrected chi connectivity index (χ1v) is 10.8. The molecule has 1 aliphatic heterocycles. The molecule has 4 unspecified atom stereocenters. The Kier molecular flexibility index (Phi) is 3.41. The van der Waals surface area contributed by atoms with E-state index < -0.39 is 28.9 Å². The summed E-state index contributed by atoms with van der Waals surface area (Å²) >= 11 is 6.99. The number of hydrogen-bond donors (Lipinski definition) is 3. The second kappa shape index (κ2) is 5.41. The maximum atomic E-state index is 11.7. The summed E-state index contributed by atoms with van der Waals surface area (Å²) in [6.07, 6.45) is 6.15. The van der Waals surface area contributed by atoms with Crippen LogP contribution in [-0.2, 0) is 4.74 Å². The first-order chi connectivity index (χ1) is 13.7. The number of nitrogens with two attached hydrogens (primary N) is 1. The fraction of sp³-hybridized carbons (Fsp3) is 0.750. The molecule has 4 N–H and O–H groups in total. The van der Waals surface area contributed by atoms with E-state index in [9.17, 15) is 10.2 Å². The van der Waals surface area contributed by atoms with Crippen LogP contribution in [0.2, 0.25) is 0 Å². The summed E-state index contributed by atoms with van der Waals surface area (Å²) in [6.45, 7) is 3.73. The lowest BCUT2D eigenvalue weighted by Crippen LogP contribution is -2.44. The van der Waals surface area contributed by atoms with Crippen molar-refractivity contribution in [3.05, 3.63) is 12.7 Å². The third-order valence-electron chi connectivity index (χ3n) is 8.60. The number of anilines is 1. The second-order valence-corrected chi connectivity index (χ2v) is 10.4. The standard InChI is InChI=1S/C20H26ClN5O3/c1-18(2)19(27)14(12(21)11-6-9-3-4-10(11)5-9)29-17(20(18,19)28)26-8-25-13-15(22)23-7-24-16(13)26/h7-12,14,17,27-28H,3-6H2,1-2H3,(H2,22,23,24)/t9?,10?,11?,12?,14-,17-,19+,20-/m1/s1. The minimum Gasteiger partial charge on any atom is -0.383 e. The van der Waals surface area contributed by atoms with Gasteiger partial charge in [-0.25, -0.2) is 15.0 Å². The smallest absolute Gasteiger partial charge is 0.169 e. The molecule has 1 saturated heterocycles. The Labute approximate surface area is 173 Å². The van der Waals surface area contributed by atoms with Gasteiger partial charge in [-0.3, -0.25) is 4.57 Å². The molecule has 3 saturated carbocycles. The van der Waals surface area contributed by atoms with E-state index in [4.69, 9.17) is 22.1 Å². The maximum absolute atomic E-state index is 11.7. The van der Waals surface area contributed by atoms with Crippen molar-refractivity contribution in [3.8, 4) is 0 Å². The molecule has 8 atom stereocenters. The number of halogens is 1. The molecule has 0 amide bonds. The zero-order chi connectivity index (χ0) is 20.3. The van der Waals surface area contributed by atoms with Gasteiger partial charge in [-0.1, -0.05) is 20.3 Å². The Morgan fingerprint density at radius 1 is 1.21 bits per heavy atom. The number of ether oxygens (including phenoxy) is 1. The van der Waals surface area contributed by atoms with Gasteiger partial charge in [0.05, 0.1) is 11.7 Å². The van der Waals surface area contributed by atoms with Gasteiger partial charge in [-0.05, 0) is 37.0 Å². The summed E-state index contributed by atoms with van der Waals surface area (Å²) in [7, 11) is 0. The fourth-order valence-corrected chi connectivity index (χ4v) is 7.37. The molecule has 0 aromatic carbocycles. The third-order valence-corrected chi connectivity index (χ3v) is 9.15. The topological polar surface area (TPSA) is 119 Å². The van der Waals surface area contributed by atoms with E-state index >= 15 is 0 Å². The number of alkyl halides is 1. The monoisotopic (exact) mass is 419 g/mol. The van der Waals surface area contributed by atoms with Gasteiger partial charge < -0.3 is 20.7 Å². The highest BCUT2D eigenvalue weighted by Gasteiger charge is 2.93. The number of imidazole rings is 1. The zero-order valence-corrected chi connectivity index (χ0v) is 17.3. The van der Waals surface area contributed by atoms with Crippen LogP contribution >= 0.6 is 11.6 Å². The SMILES string of the molecule is CC1(C)[C@]2(O)[C@H](n3cnc4c(N)ncnc43)O[C@H](C(Cl)C3CC4CCC3C4)[C@]12O. The number of hydrogen-bond acceptors (Lipinski definition) is 7. The van der Waals surface area contributed by atoms with Crippen molar-refractivity contribution in [3.63, 3.8) is 0 Å². The van der Waals surface area contributed by atoms with Crippen LogP contribution < -0.4 is 5.73 Å². The van der Waals surface area contributed by atoms with Crippen LogP contribution in [0.5, 0.6) is 0 Å². The number of nitrogens with zero attached hydrogens (tertiary/aromatic N) is 4. The van der Waals surface area contributed by atoms with Gasteiger partial charge in [0, 0.05) is 5.41 Å². The van der Waals surface area contributed by atoms with E-state index in [1.807, 2.05) is 13.8 Å². The molecule has 0 radical (unpaired) electrons. The predicted molar refractivity (Wildman–Crippen MR) is 106 cm³/mol. The van der Waals surface area contributed by atoms with Gasteiger partial charge in [-0.15, -0.1) is 11.6 Å². The summed E-state index contributed by atoms with van der Waals surface area (Å²) in [4.78, 5) is 12.6. The Hall–Kier alpha value is -1.48. The highest BCUT2D eigenvalue weighted by atomic mass is 35.5. The molecule has 2 bridgehead atoms. The van der Waals surface area contributed by atoms with Gasteiger partial charge in [0.1, 0.15) is 29.2 Å². The number of rotatable bonds is 3. The van der Waals surface area contributed by atoms with Crippen molar-refractivity contribution in [2.45, 2.75) is 68.4 Å². The van der Waals surface area contributed by atoms with E-state index in [2.05, 4.69) is 15.0 Å². The fourth-order valence-electron chi connectivity index (χ4n) is 6.82. The van der Waals surface area contributed by atoms with Gasteiger partial charge in [0.15, 0.2) is 17.7 Å². The van der Waals surface area contributed by atoms with E-state index in [1.165, 1.54) is 31.9 Å². The lowest BCUT2D eigenvalue weighted by Gasteiger charge is -2.35. The molecule has 29 heavy (non-hydrogen) atoms. The maximum Gasteiger partial charge on any atom is 0.169 e. The minimum atomic E-state index is -1.50. The highest BCUT2D eigenvalue weighted by Crippen LogP contribution is 2.76. The number of fused-ring (bicyclic) bond motifs is 4. The molecule has 2 aromatic heterocycles. The highest BCUT2D eigenvalue weighted by molar-refractivity contribution is 6.21. The first kappa shape index (κ1) is 18.3. The van der Waals surface area contributed by atoms with Crippen molar-refractivity contribution < 1.29 is 14.9 Å². The molecule has 8 nitrogen and oxygen atoms in total. The Morgan fingerprint density at radius 3 is 2.69 bits per heavy atom. The normalized spacial score (nSPS) is 45.6. The largest absolute Gasteiger partial charge is 0.383 e. The van der Waals surface area contributed by atoms with Crippen LogP contribution in [-0.4, -0.2) is 52.4 Å². The van der Waals surface area contributed by atoms with Crippen LogP contribution in [0.4, 0.5) is 5.82 Å². The molecule has 2 aromatic rings. The Morgan fingerprint density at radius 2 is 2.00 bits per heavy atom. The van der Waals surface area contributed by atoms with Crippen LogP contribution in [0.3, 0.4) is 0 Å². The van der Waals surface area contributed by atoms with Gasteiger partial charge >= 0.3 is 0 Å². The summed E-state index contributed by atoms with van der Waals surface area (Å²) in [6, 6.07) is 0. The lowest BCUT2D eigenvalue weighted by molar-refractivity contribution is -0.116. The molecular formula is C20H26ClN5O3. The van der Waals surface area contributed by atoms with Crippen molar-refractivity contribution in [1.29, 1.82) is 0 Å². The summed E-state index contributed by atoms with van der Waals surface area (Å²) < 4.78 is 7.98. The van der Waals surface area contributed by atoms with Crippen LogP contribution in [0.25, 0.3) is 11.2 Å². The van der Waals surface area contributed by atoms with E-state index in [-0.39, 0.29) is 11.2 Å². The Balaban J connectivity index is 1.41. The van der Waals surface area contributed by atoms with Crippen molar-refractivity contribution in [2.75, 3.05) is 5.73 Å². The number of nitrogen functional groups attached to an aromatic ring is 1. The molecule has 4 fully saturated rings. The number of aliphatic hydroxyl groups is 2. The molecule has 9 heteroatoms. The van der Waals surface area contributed by atoms with E-state index in [1.54, 1.807) is 4.57 Å². The molecule has 0 spiro atoms. The average Bonchev–Trinajstić information content (AvgIpc) is 3.35. The molecule has 3 aliphatic carbocycles. The van der Waals surface area contributed by atoms with E-state index in [0.717, 1.165) is 12.3 Å². The zero-order valence-electron chi connectivity index (χ0n) is 16.5. The van der Waals surface area contributed by atoms with Crippen molar-refractivity contribution in [1.82, 2.24) is 19.5 Å². The summed E-state index contributed by atoms with van der Waals surface area (Å²) in [5, 5.41) is 23.0. The molecular weight excluding hydrogens is 394 g/mol. The van der Waals surface area contributed by atoms with Crippen molar-refractivity contribution in [2.24, 2.45) is 23.2 Å². The van der Waals surface area contributed by atoms with E-state index in [0.29, 0.717) is 23.0 Å².